The fourth-order valence-corrected chi connectivity index (χ4v) is 2.90. The lowest BCUT2D eigenvalue weighted by Gasteiger charge is -2.33. The van der Waals surface area contributed by atoms with E-state index in [2.05, 4.69) is 5.32 Å². The van der Waals surface area contributed by atoms with Gasteiger partial charge in [0.1, 0.15) is 5.82 Å². The molecule has 1 saturated heterocycles. The zero-order valence-electron chi connectivity index (χ0n) is 13.2. The molecule has 1 fully saturated rings. The molecule has 0 unspecified atom stereocenters. The summed E-state index contributed by atoms with van der Waals surface area (Å²) in [5, 5.41) is 3.34. The molecule has 1 amide bonds. The topological polar surface area (TPSA) is 32.3 Å². The van der Waals surface area contributed by atoms with Crippen molar-refractivity contribution in [2.75, 3.05) is 19.6 Å². The zero-order valence-corrected chi connectivity index (χ0v) is 13.2. The molecule has 1 N–H and O–H groups in total. The standard InChI is InChI=1S/C17H25FN2O/c1-12(2)20(11-14-4-6-19-7-5-14)17(21)15-8-13(3)9-16(18)10-15/h8-10,12,14,19H,4-7,11H2,1-3H3. The van der Waals surface area contributed by atoms with Crippen LogP contribution < -0.4 is 5.32 Å². The molecule has 4 heteroatoms. The van der Waals surface area contributed by atoms with Crippen LogP contribution in [0.4, 0.5) is 4.39 Å². The van der Waals surface area contributed by atoms with Gasteiger partial charge in [0, 0.05) is 18.2 Å². The summed E-state index contributed by atoms with van der Waals surface area (Å²) in [6.45, 7) is 8.64. The molecule has 1 aromatic rings. The fourth-order valence-electron chi connectivity index (χ4n) is 2.90. The second kappa shape index (κ2) is 7.03. The van der Waals surface area contributed by atoms with Crippen LogP contribution in [0.2, 0.25) is 0 Å². The molecule has 2 rings (SSSR count). The van der Waals surface area contributed by atoms with Gasteiger partial charge in [0.05, 0.1) is 0 Å². The van der Waals surface area contributed by atoms with E-state index in [4.69, 9.17) is 0 Å². The number of benzene rings is 1. The van der Waals surface area contributed by atoms with E-state index >= 15 is 0 Å². The highest BCUT2D eigenvalue weighted by atomic mass is 19.1. The van der Waals surface area contributed by atoms with Crippen molar-refractivity contribution in [1.82, 2.24) is 10.2 Å². The van der Waals surface area contributed by atoms with Crippen molar-refractivity contribution < 1.29 is 9.18 Å². The Morgan fingerprint density at radius 3 is 2.57 bits per heavy atom. The third-order valence-electron chi connectivity index (χ3n) is 4.09. The van der Waals surface area contributed by atoms with Crippen LogP contribution in [0.25, 0.3) is 0 Å². The van der Waals surface area contributed by atoms with Crippen LogP contribution in [0.15, 0.2) is 18.2 Å². The third-order valence-corrected chi connectivity index (χ3v) is 4.09. The summed E-state index contributed by atoms with van der Waals surface area (Å²) in [6, 6.07) is 4.68. The van der Waals surface area contributed by atoms with Crippen molar-refractivity contribution in [3.8, 4) is 0 Å². The van der Waals surface area contributed by atoms with Crippen LogP contribution in [0, 0.1) is 18.7 Å². The van der Waals surface area contributed by atoms with E-state index < -0.39 is 0 Å². The summed E-state index contributed by atoms with van der Waals surface area (Å²) in [7, 11) is 0. The maximum atomic E-state index is 13.5. The molecular formula is C17H25FN2O. The molecule has 0 saturated carbocycles. The van der Waals surface area contributed by atoms with Crippen LogP contribution in [-0.4, -0.2) is 36.5 Å². The number of nitrogens with zero attached hydrogens (tertiary/aromatic N) is 1. The number of halogens is 1. The normalized spacial score (nSPS) is 16.2. The minimum atomic E-state index is -0.344. The van der Waals surface area contributed by atoms with E-state index in [-0.39, 0.29) is 17.8 Å². The Morgan fingerprint density at radius 1 is 1.33 bits per heavy atom. The number of rotatable bonds is 4. The van der Waals surface area contributed by atoms with Crippen molar-refractivity contribution in [2.45, 2.75) is 39.7 Å². The Bertz CT molecular complexity index is 475. The van der Waals surface area contributed by atoms with Crippen LogP contribution in [-0.2, 0) is 0 Å². The second-order valence-corrected chi connectivity index (χ2v) is 6.26. The van der Waals surface area contributed by atoms with Crippen molar-refractivity contribution in [2.24, 2.45) is 5.92 Å². The van der Waals surface area contributed by atoms with Crippen LogP contribution in [0.3, 0.4) is 0 Å². The Labute approximate surface area is 126 Å². The Hall–Kier alpha value is -1.42. The molecular weight excluding hydrogens is 267 g/mol. The van der Waals surface area contributed by atoms with Gasteiger partial charge in [-0.3, -0.25) is 4.79 Å². The summed E-state index contributed by atoms with van der Waals surface area (Å²) in [6.07, 6.45) is 2.19. The lowest BCUT2D eigenvalue weighted by atomic mass is 9.96. The van der Waals surface area contributed by atoms with Crippen LogP contribution in [0.5, 0.6) is 0 Å². The minimum Gasteiger partial charge on any atom is -0.336 e. The van der Waals surface area contributed by atoms with Gasteiger partial charge in [0.25, 0.3) is 5.91 Å². The first-order valence-corrected chi connectivity index (χ1v) is 7.76. The molecule has 1 aromatic carbocycles. The number of carbonyl (C=O) groups excluding carboxylic acids is 1. The quantitative estimate of drug-likeness (QED) is 0.925. The van der Waals surface area contributed by atoms with Crippen molar-refractivity contribution >= 4 is 5.91 Å². The molecule has 3 nitrogen and oxygen atoms in total. The lowest BCUT2D eigenvalue weighted by Crippen LogP contribution is -2.43. The molecule has 0 spiro atoms. The van der Waals surface area contributed by atoms with E-state index in [0.29, 0.717) is 11.5 Å². The van der Waals surface area contributed by atoms with Gasteiger partial charge in [0.2, 0.25) is 0 Å². The predicted octanol–water partition coefficient (Wildman–Crippen LogP) is 2.98. The van der Waals surface area contributed by atoms with E-state index in [1.807, 2.05) is 25.7 Å². The van der Waals surface area contributed by atoms with Gasteiger partial charge < -0.3 is 10.2 Å². The monoisotopic (exact) mass is 292 g/mol. The number of hydrogen-bond acceptors (Lipinski definition) is 2. The third kappa shape index (κ3) is 4.27. The molecule has 0 aromatic heterocycles. The van der Waals surface area contributed by atoms with Crippen molar-refractivity contribution in [3.63, 3.8) is 0 Å². The molecule has 0 radical (unpaired) electrons. The Kier molecular flexibility index (Phi) is 5.34. The smallest absolute Gasteiger partial charge is 0.254 e. The fraction of sp³-hybridized carbons (Fsp3) is 0.588. The highest BCUT2D eigenvalue weighted by Gasteiger charge is 2.24. The van der Waals surface area contributed by atoms with Gasteiger partial charge in [-0.15, -0.1) is 0 Å². The Morgan fingerprint density at radius 2 is 2.00 bits per heavy atom. The molecule has 0 aliphatic carbocycles. The summed E-state index contributed by atoms with van der Waals surface area (Å²) in [5.74, 6) is 0.127. The van der Waals surface area contributed by atoms with Crippen LogP contribution >= 0.6 is 0 Å². The highest BCUT2D eigenvalue weighted by molar-refractivity contribution is 5.94. The van der Waals surface area contributed by atoms with E-state index in [1.54, 1.807) is 6.07 Å². The van der Waals surface area contributed by atoms with Crippen molar-refractivity contribution in [1.29, 1.82) is 0 Å². The van der Waals surface area contributed by atoms with E-state index in [1.165, 1.54) is 12.1 Å². The first-order valence-electron chi connectivity index (χ1n) is 7.76. The van der Waals surface area contributed by atoms with Gasteiger partial charge in [0.15, 0.2) is 0 Å². The second-order valence-electron chi connectivity index (χ2n) is 6.26. The van der Waals surface area contributed by atoms with Crippen molar-refractivity contribution in [3.05, 3.63) is 35.1 Å². The summed E-state index contributed by atoms with van der Waals surface area (Å²) >= 11 is 0. The summed E-state index contributed by atoms with van der Waals surface area (Å²) in [5.41, 5.74) is 1.24. The predicted molar refractivity (Wildman–Crippen MR) is 82.9 cm³/mol. The molecule has 1 aliphatic rings. The lowest BCUT2D eigenvalue weighted by molar-refractivity contribution is 0.0657. The number of piperidine rings is 1. The molecule has 116 valence electrons. The number of aryl methyl sites for hydroxylation is 1. The first kappa shape index (κ1) is 16.0. The maximum absolute atomic E-state index is 13.5. The van der Waals surface area contributed by atoms with Gasteiger partial charge in [-0.2, -0.15) is 0 Å². The average molecular weight is 292 g/mol. The van der Waals surface area contributed by atoms with E-state index in [0.717, 1.165) is 38.0 Å². The molecule has 0 atom stereocenters. The largest absolute Gasteiger partial charge is 0.336 e. The Balaban J connectivity index is 2.14. The van der Waals surface area contributed by atoms with Crippen LogP contribution in [0.1, 0.15) is 42.6 Å². The van der Waals surface area contributed by atoms with Gasteiger partial charge in [-0.1, -0.05) is 0 Å². The minimum absolute atomic E-state index is 0.0638. The number of amides is 1. The first-order chi connectivity index (χ1) is 9.97. The number of nitrogens with one attached hydrogen (secondary N) is 1. The number of carbonyl (C=O) groups is 1. The maximum Gasteiger partial charge on any atom is 0.254 e. The molecule has 1 heterocycles. The van der Waals surface area contributed by atoms with Gasteiger partial charge >= 0.3 is 0 Å². The summed E-state index contributed by atoms with van der Waals surface area (Å²) in [4.78, 5) is 14.6. The SMILES string of the molecule is Cc1cc(F)cc(C(=O)N(CC2CCNCC2)C(C)C)c1. The molecule has 21 heavy (non-hydrogen) atoms. The highest BCUT2D eigenvalue weighted by Crippen LogP contribution is 2.18. The summed E-state index contributed by atoms with van der Waals surface area (Å²) < 4.78 is 13.5. The molecule has 1 aliphatic heterocycles. The van der Waals surface area contributed by atoms with E-state index in [9.17, 15) is 9.18 Å². The number of hydrogen-bond donors (Lipinski definition) is 1. The van der Waals surface area contributed by atoms with Gasteiger partial charge in [-0.25, -0.2) is 4.39 Å². The molecule has 0 bridgehead atoms. The zero-order chi connectivity index (χ0) is 15.4. The van der Waals surface area contributed by atoms with Gasteiger partial charge in [-0.05, 0) is 76.4 Å². The average Bonchev–Trinajstić information content (AvgIpc) is 2.44.